The number of hydrogen-bond acceptors (Lipinski definition) is 6. The highest BCUT2D eigenvalue weighted by Gasteiger charge is 2.25. The lowest BCUT2D eigenvalue weighted by atomic mass is 10.0. The first kappa shape index (κ1) is 24.2. The van der Waals surface area contributed by atoms with Crippen LogP contribution in [0, 0.1) is 13.8 Å². The van der Waals surface area contributed by atoms with Crippen LogP contribution in [0.3, 0.4) is 0 Å². The molecule has 0 aromatic carbocycles. The number of rotatable bonds is 10. The third-order valence-corrected chi connectivity index (χ3v) is 6.64. The van der Waals surface area contributed by atoms with Crippen LogP contribution in [0.5, 0.6) is 0 Å². The summed E-state index contributed by atoms with van der Waals surface area (Å²) in [5.41, 5.74) is 7.01. The fourth-order valence-corrected chi connectivity index (χ4v) is 4.74. The van der Waals surface area contributed by atoms with Crippen LogP contribution in [-0.2, 0) is 31.4 Å². The molecule has 1 N–H and O–H groups in total. The Morgan fingerprint density at radius 2 is 2.03 bits per heavy atom. The molecule has 1 aliphatic rings. The van der Waals surface area contributed by atoms with Gasteiger partial charge in [0.05, 0.1) is 23.0 Å². The third-order valence-electron chi connectivity index (χ3n) is 6.64. The summed E-state index contributed by atoms with van der Waals surface area (Å²) in [6.07, 6.45) is 6.64. The van der Waals surface area contributed by atoms with Gasteiger partial charge in [-0.05, 0) is 53.3 Å². The Morgan fingerprint density at radius 3 is 2.82 bits per heavy atom. The Bertz CT molecular complexity index is 1150. The van der Waals surface area contributed by atoms with Gasteiger partial charge in [-0.15, -0.1) is 0 Å². The second-order valence-corrected chi connectivity index (χ2v) is 9.66. The quantitative estimate of drug-likeness (QED) is 0.463. The summed E-state index contributed by atoms with van der Waals surface area (Å²) in [6.45, 7) is 8.49. The van der Waals surface area contributed by atoms with E-state index in [-0.39, 0.29) is 5.91 Å². The fourth-order valence-electron chi connectivity index (χ4n) is 4.74. The molecule has 0 aliphatic carbocycles. The fraction of sp³-hybridized carbons (Fsp3) is 0.600. The third kappa shape index (κ3) is 5.41. The van der Waals surface area contributed by atoms with Gasteiger partial charge in [0.15, 0.2) is 5.65 Å². The number of carbonyl (C=O) groups is 1. The lowest BCUT2D eigenvalue weighted by Gasteiger charge is -2.30. The van der Waals surface area contributed by atoms with Gasteiger partial charge in [-0.25, -0.2) is 4.98 Å². The van der Waals surface area contributed by atoms with Gasteiger partial charge in [0.1, 0.15) is 0 Å². The minimum absolute atomic E-state index is 0.142. The zero-order valence-electron chi connectivity index (χ0n) is 21.3. The zero-order valence-corrected chi connectivity index (χ0v) is 21.3. The molecule has 4 rings (SSSR count). The molecule has 4 heterocycles. The average molecular weight is 467 g/mol. The Kier molecular flexibility index (Phi) is 7.50. The lowest BCUT2D eigenvalue weighted by Crippen LogP contribution is -2.31. The van der Waals surface area contributed by atoms with Crippen LogP contribution in [0.1, 0.15) is 48.3 Å². The van der Waals surface area contributed by atoms with E-state index in [1.54, 1.807) is 0 Å². The number of anilines is 1. The summed E-state index contributed by atoms with van der Waals surface area (Å²) < 4.78 is 4.06. The van der Waals surface area contributed by atoms with Gasteiger partial charge in [0, 0.05) is 69.6 Å². The van der Waals surface area contributed by atoms with Crippen molar-refractivity contribution in [2.75, 3.05) is 38.6 Å². The van der Waals surface area contributed by atoms with Crippen molar-refractivity contribution in [2.24, 2.45) is 7.05 Å². The molecule has 0 radical (unpaired) electrons. The molecule has 0 atom stereocenters. The van der Waals surface area contributed by atoms with Gasteiger partial charge < -0.3 is 15.1 Å². The number of aryl methyl sites for hydroxylation is 4. The van der Waals surface area contributed by atoms with Crippen LogP contribution < -0.4 is 10.2 Å². The lowest BCUT2D eigenvalue weighted by molar-refractivity contribution is -0.121. The number of unbranched alkanes of at least 4 members (excludes halogenated alkanes) is 2. The van der Waals surface area contributed by atoms with Crippen LogP contribution in [0.15, 0.2) is 12.3 Å². The molecule has 0 fully saturated rings. The van der Waals surface area contributed by atoms with Crippen molar-refractivity contribution < 1.29 is 4.79 Å². The number of nitrogens with one attached hydrogen (secondary N) is 1. The smallest absolute Gasteiger partial charge is 0.221 e. The molecule has 0 unspecified atom stereocenters. The van der Waals surface area contributed by atoms with Crippen molar-refractivity contribution >= 4 is 22.6 Å². The molecule has 0 saturated heterocycles. The van der Waals surface area contributed by atoms with Crippen molar-refractivity contribution in [1.29, 1.82) is 0 Å². The molecule has 0 saturated carbocycles. The minimum atomic E-state index is 0.142. The molecule has 34 heavy (non-hydrogen) atoms. The maximum atomic E-state index is 11.8. The Hall–Kier alpha value is -2.94. The number of amides is 1. The van der Waals surface area contributed by atoms with Crippen molar-refractivity contribution in [2.45, 2.75) is 59.0 Å². The van der Waals surface area contributed by atoms with Gasteiger partial charge in [0.2, 0.25) is 5.91 Å². The van der Waals surface area contributed by atoms with Crippen LogP contribution in [0.2, 0.25) is 0 Å². The van der Waals surface area contributed by atoms with Crippen LogP contribution in [0.25, 0.3) is 11.0 Å². The number of hydrogen-bond donors (Lipinski definition) is 1. The van der Waals surface area contributed by atoms with E-state index in [1.807, 2.05) is 43.8 Å². The monoisotopic (exact) mass is 466 g/mol. The molecular weight excluding hydrogens is 428 g/mol. The van der Waals surface area contributed by atoms with E-state index >= 15 is 0 Å². The maximum absolute atomic E-state index is 11.8. The first-order valence-electron chi connectivity index (χ1n) is 12.3. The summed E-state index contributed by atoms with van der Waals surface area (Å²) in [6, 6.07) is 2.17. The summed E-state index contributed by atoms with van der Waals surface area (Å²) in [4.78, 5) is 21.0. The van der Waals surface area contributed by atoms with Gasteiger partial charge in [0.25, 0.3) is 0 Å². The van der Waals surface area contributed by atoms with Crippen molar-refractivity contribution in [3.63, 3.8) is 0 Å². The van der Waals surface area contributed by atoms with E-state index in [0.717, 1.165) is 80.8 Å². The normalized spacial score (nSPS) is 13.6. The molecule has 9 nitrogen and oxygen atoms in total. The molecule has 1 amide bonds. The van der Waals surface area contributed by atoms with E-state index in [1.165, 1.54) is 16.9 Å². The average Bonchev–Trinajstić information content (AvgIpc) is 3.33. The molecule has 3 aromatic rings. The summed E-state index contributed by atoms with van der Waals surface area (Å²) in [7, 11) is 5.92. The van der Waals surface area contributed by atoms with Crippen LogP contribution in [-0.4, -0.2) is 69.1 Å². The van der Waals surface area contributed by atoms with E-state index in [2.05, 4.69) is 38.0 Å². The number of nitrogens with zero attached hydrogens (tertiary/aromatic N) is 7. The van der Waals surface area contributed by atoms with E-state index in [0.29, 0.717) is 6.42 Å². The van der Waals surface area contributed by atoms with Crippen LogP contribution in [0.4, 0.5) is 5.69 Å². The molecule has 0 spiro atoms. The largest absolute Gasteiger partial charge is 0.366 e. The standard InChI is InChI=1S/C25H38N8O/c1-18-15-23(20-16-27-31(5)25(20)28-18)32-14-9-22-21(17-32)19(2)29-33(22)12-8-6-7-11-26-24(34)10-13-30(3)4/h15-16H,6-14,17H2,1-5H3,(H,26,34). The van der Waals surface area contributed by atoms with Crippen molar-refractivity contribution in [3.8, 4) is 0 Å². The van der Waals surface area contributed by atoms with Crippen molar-refractivity contribution in [1.82, 2.24) is 34.8 Å². The second-order valence-electron chi connectivity index (χ2n) is 9.66. The molecule has 184 valence electrons. The van der Waals surface area contributed by atoms with Gasteiger partial charge in [-0.3, -0.25) is 14.2 Å². The van der Waals surface area contributed by atoms with Gasteiger partial charge >= 0.3 is 0 Å². The number of carbonyl (C=O) groups excluding carboxylic acids is 1. The van der Waals surface area contributed by atoms with E-state index in [9.17, 15) is 4.79 Å². The number of fused-ring (bicyclic) bond motifs is 2. The topological polar surface area (TPSA) is 84.1 Å². The Morgan fingerprint density at radius 1 is 1.21 bits per heavy atom. The molecule has 1 aliphatic heterocycles. The molecule has 0 bridgehead atoms. The Balaban J connectivity index is 1.32. The second kappa shape index (κ2) is 10.5. The predicted molar refractivity (Wildman–Crippen MR) is 135 cm³/mol. The highest BCUT2D eigenvalue weighted by Crippen LogP contribution is 2.32. The first-order valence-corrected chi connectivity index (χ1v) is 12.3. The number of aromatic nitrogens is 5. The van der Waals surface area contributed by atoms with E-state index in [4.69, 9.17) is 5.10 Å². The highest BCUT2D eigenvalue weighted by atomic mass is 16.1. The first-order chi connectivity index (χ1) is 16.3. The molecular formula is C25H38N8O. The molecule has 3 aromatic heterocycles. The Labute approximate surface area is 202 Å². The predicted octanol–water partition coefficient (Wildman–Crippen LogP) is 2.58. The van der Waals surface area contributed by atoms with Crippen LogP contribution >= 0.6 is 0 Å². The summed E-state index contributed by atoms with van der Waals surface area (Å²) >= 11 is 0. The maximum Gasteiger partial charge on any atom is 0.221 e. The summed E-state index contributed by atoms with van der Waals surface area (Å²) in [5, 5.41) is 13.4. The van der Waals surface area contributed by atoms with E-state index < -0.39 is 0 Å². The molecule has 9 heteroatoms. The van der Waals surface area contributed by atoms with Gasteiger partial charge in [-0.2, -0.15) is 10.2 Å². The minimum Gasteiger partial charge on any atom is -0.366 e. The zero-order chi connectivity index (χ0) is 24.2. The van der Waals surface area contributed by atoms with Gasteiger partial charge in [-0.1, -0.05) is 0 Å². The highest BCUT2D eigenvalue weighted by molar-refractivity contribution is 5.89. The summed E-state index contributed by atoms with van der Waals surface area (Å²) in [5.74, 6) is 0.142. The SMILES string of the molecule is Cc1cc(N2CCc3c(c(C)nn3CCCCCNC(=O)CCN(C)C)C2)c2cnn(C)c2n1. The van der Waals surface area contributed by atoms with Crippen molar-refractivity contribution in [3.05, 3.63) is 34.9 Å². The number of pyridine rings is 1.